The summed E-state index contributed by atoms with van der Waals surface area (Å²) < 4.78 is 18.7. The molecule has 2 aromatic carbocycles. The van der Waals surface area contributed by atoms with Crippen LogP contribution in [0.15, 0.2) is 64.2 Å². The second kappa shape index (κ2) is 12.9. The van der Waals surface area contributed by atoms with Crippen molar-refractivity contribution in [3.05, 3.63) is 77.4 Å². The fourth-order valence-electron chi connectivity index (χ4n) is 3.11. The molecule has 9 heteroatoms. The van der Waals surface area contributed by atoms with E-state index in [1.807, 2.05) is 38.1 Å². The molecule has 0 fully saturated rings. The highest BCUT2D eigenvalue weighted by Crippen LogP contribution is 2.19. The average Bonchev–Trinajstić information content (AvgIpc) is 3.25. The van der Waals surface area contributed by atoms with Crippen LogP contribution in [0.5, 0.6) is 0 Å². The minimum atomic E-state index is -0.468. The van der Waals surface area contributed by atoms with Crippen molar-refractivity contribution >= 4 is 35.8 Å². The van der Waals surface area contributed by atoms with E-state index in [0.29, 0.717) is 43.6 Å². The molecule has 176 valence electrons. The maximum atomic E-state index is 13.1. The van der Waals surface area contributed by atoms with E-state index in [4.69, 9.17) is 10.2 Å². The number of nitrogens with zero attached hydrogens (tertiary/aromatic N) is 2. The number of amides is 1. The van der Waals surface area contributed by atoms with Gasteiger partial charge in [0.1, 0.15) is 17.8 Å². The average molecular weight is 565 g/mol. The second-order valence-corrected chi connectivity index (χ2v) is 7.52. The van der Waals surface area contributed by atoms with Crippen molar-refractivity contribution in [2.24, 2.45) is 16.6 Å². The molecule has 0 aliphatic rings. The third-order valence-electron chi connectivity index (χ3n) is 4.91. The molecule has 1 amide bonds. The van der Waals surface area contributed by atoms with Crippen molar-refractivity contribution in [3.8, 4) is 11.5 Å². The molecule has 1 unspecified atom stereocenters. The Bertz CT molecular complexity index is 1050. The van der Waals surface area contributed by atoms with Crippen molar-refractivity contribution in [1.29, 1.82) is 0 Å². The van der Waals surface area contributed by atoms with Crippen LogP contribution >= 0.6 is 24.0 Å². The minimum absolute atomic E-state index is 0. The van der Waals surface area contributed by atoms with Crippen LogP contribution in [0.4, 0.5) is 4.39 Å². The van der Waals surface area contributed by atoms with Gasteiger partial charge in [-0.1, -0.05) is 29.8 Å². The van der Waals surface area contributed by atoms with Crippen LogP contribution < -0.4 is 16.4 Å². The highest BCUT2D eigenvalue weighted by molar-refractivity contribution is 14.0. The molecule has 3 rings (SSSR count). The summed E-state index contributed by atoms with van der Waals surface area (Å²) in [7, 11) is 0. The number of rotatable bonds is 9. The number of halogens is 2. The topological polar surface area (TPSA) is 106 Å². The summed E-state index contributed by atoms with van der Waals surface area (Å²) in [6.07, 6.45) is 1.99. The molecule has 0 saturated carbocycles. The van der Waals surface area contributed by atoms with Crippen LogP contribution in [0.1, 0.15) is 23.7 Å². The summed E-state index contributed by atoms with van der Waals surface area (Å²) in [6.45, 7) is 5.23. The first kappa shape index (κ1) is 26.3. The summed E-state index contributed by atoms with van der Waals surface area (Å²) in [5.41, 5.74) is 9.17. The zero-order chi connectivity index (χ0) is 22.9. The van der Waals surface area contributed by atoms with Gasteiger partial charge in [-0.3, -0.25) is 4.79 Å². The quantitative estimate of drug-likeness (QED) is 0.208. The monoisotopic (exact) mass is 565 g/mol. The first-order valence-corrected chi connectivity index (χ1v) is 10.5. The molecular formula is C24H29FIN5O2. The van der Waals surface area contributed by atoms with Crippen LogP contribution in [0.2, 0.25) is 0 Å². The predicted octanol–water partition coefficient (Wildman–Crippen LogP) is 3.81. The lowest BCUT2D eigenvalue weighted by Crippen LogP contribution is -2.43. The van der Waals surface area contributed by atoms with Crippen molar-refractivity contribution in [1.82, 2.24) is 15.6 Å². The summed E-state index contributed by atoms with van der Waals surface area (Å²) >= 11 is 0. The molecule has 0 radical (unpaired) electrons. The van der Waals surface area contributed by atoms with Crippen LogP contribution in [-0.4, -0.2) is 29.9 Å². The minimum Gasteiger partial charge on any atom is -0.444 e. The number of primary amides is 1. The van der Waals surface area contributed by atoms with E-state index < -0.39 is 11.8 Å². The summed E-state index contributed by atoms with van der Waals surface area (Å²) in [5.74, 6) is -0.136. The number of hydrogen-bond acceptors (Lipinski definition) is 4. The van der Waals surface area contributed by atoms with E-state index in [0.717, 1.165) is 11.1 Å². The lowest BCUT2D eigenvalue weighted by molar-refractivity contribution is -0.121. The Morgan fingerprint density at radius 2 is 1.85 bits per heavy atom. The SMILES string of the molecule is CCNC(=NCc1coc(-c2ccc(C)cc2)n1)NCC(Cc1ccc(F)cc1)C(N)=O.I. The molecule has 1 aromatic heterocycles. The van der Waals surface area contributed by atoms with Gasteiger partial charge in [0.15, 0.2) is 5.96 Å². The Morgan fingerprint density at radius 3 is 2.48 bits per heavy atom. The third-order valence-corrected chi connectivity index (χ3v) is 4.91. The van der Waals surface area contributed by atoms with Crippen LogP contribution in [0.3, 0.4) is 0 Å². The summed E-state index contributed by atoms with van der Waals surface area (Å²) in [5, 5.41) is 6.30. The Balaban J connectivity index is 0.00000385. The summed E-state index contributed by atoms with van der Waals surface area (Å²) in [6, 6.07) is 14.0. The molecule has 1 heterocycles. The number of aromatic nitrogens is 1. The zero-order valence-electron chi connectivity index (χ0n) is 18.7. The lowest BCUT2D eigenvalue weighted by atomic mass is 9.98. The first-order valence-electron chi connectivity index (χ1n) is 10.5. The van der Waals surface area contributed by atoms with Gasteiger partial charge in [-0.25, -0.2) is 14.4 Å². The van der Waals surface area contributed by atoms with Crippen LogP contribution in [0, 0.1) is 18.7 Å². The molecule has 33 heavy (non-hydrogen) atoms. The molecule has 7 nitrogen and oxygen atoms in total. The predicted molar refractivity (Wildman–Crippen MR) is 138 cm³/mol. The van der Waals surface area contributed by atoms with E-state index >= 15 is 0 Å². The fourth-order valence-corrected chi connectivity index (χ4v) is 3.11. The number of hydrogen-bond donors (Lipinski definition) is 3. The number of aryl methyl sites for hydroxylation is 1. The van der Waals surface area contributed by atoms with Crippen molar-refractivity contribution in [3.63, 3.8) is 0 Å². The number of nitrogens with two attached hydrogens (primary N) is 1. The van der Waals surface area contributed by atoms with E-state index in [1.165, 1.54) is 17.7 Å². The van der Waals surface area contributed by atoms with Gasteiger partial charge >= 0.3 is 0 Å². The van der Waals surface area contributed by atoms with Crippen LogP contribution in [0.25, 0.3) is 11.5 Å². The lowest BCUT2D eigenvalue weighted by Gasteiger charge is -2.17. The maximum Gasteiger partial charge on any atom is 0.226 e. The zero-order valence-corrected chi connectivity index (χ0v) is 21.0. The molecule has 0 bridgehead atoms. The van der Waals surface area contributed by atoms with E-state index in [1.54, 1.807) is 18.4 Å². The van der Waals surface area contributed by atoms with Gasteiger partial charge in [-0.05, 0) is 50.1 Å². The van der Waals surface area contributed by atoms with E-state index in [2.05, 4.69) is 20.6 Å². The fraction of sp³-hybridized carbons (Fsp3) is 0.292. The van der Waals surface area contributed by atoms with Gasteiger partial charge < -0.3 is 20.8 Å². The highest BCUT2D eigenvalue weighted by Gasteiger charge is 2.17. The third kappa shape index (κ3) is 8.16. The van der Waals surface area contributed by atoms with Gasteiger partial charge in [-0.2, -0.15) is 0 Å². The van der Waals surface area contributed by atoms with E-state index in [9.17, 15) is 9.18 Å². The number of benzene rings is 2. The van der Waals surface area contributed by atoms with Gasteiger partial charge in [0.2, 0.25) is 11.8 Å². The van der Waals surface area contributed by atoms with Gasteiger partial charge in [-0.15, -0.1) is 24.0 Å². The Hall–Kier alpha value is -2.95. The molecule has 0 aliphatic carbocycles. The van der Waals surface area contributed by atoms with Gasteiger partial charge in [0.05, 0.1) is 12.5 Å². The Kier molecular flexibility index (Phi) is 10.3. The number of carbonyl (C=O) groups is 1. The smallest absolute Gasteiger partial charge is 0.226 e. The van der Waals surface area contributed by atoms with Gasteiger partial charge in [0.25, 0.3) is 0 Å². The first-order chi connectivity index (χ1) is 15.4. The number of guanidine groups is 1. The summed E-state index contributed by atoms with van der Waals surface area (Å²) in [4.78, 5) is 20.9. The molecule has 0 aliphatic heterocycles. The van der Waals surface area contributed by atoms with Crippen molar-refractivity contribution in [2.75, 3.05) is 13.1 Å². The number of oxazole rings is 1. The molecule has 3 aromatic rings. The standard InChI is InChI=1S/C24H28FN5O2.HI/c1-3-27-24(28-13-19(22(26)31)12-17-6-10-20(25)11-7-17)29-14-21-15-32-23(30-21)18-8-4-16(2)5-9-18;/h4-11,15,19H,3,12-14H2,1-2H3,(H2,26,31)(H2,27,28,29);1H. The second-order valence-electron chi connectivity index (χ2n) is 7.52. The molecule has 0 spiro atoms. The highest BCUT2D eigenvalue weighted by atomic mass is 127. The maximum absolute atomic E-state index is 13.1. The molecule has 4 N–H and O–H groups in total. The number of nitrogens with one attached hydrogen (secondary N) is 2. The largest absolute Gasteiger partial charge is 0.444 e. The van der Waals surface area contributed by atoms with Gasteiger partial charge in [0, 0.05) is 18.7 Å². The van der Waals surface area contributed by atoms with Crippen molar-refractivity contribution in [2.45, 2.75) is 26.8 Å². The molecule has 0 saturated heterocycles. The Morgan fingerprint density at radius 1 is 1.15 bits per heavy atom. The molecular weight excluding hydrogens is 536 g/mol. The van der Waals surface area contributed by atoms with E-state index in [-0.39, 0.29) is 29.8 Å². The number of carbonyl (C=O) groups excluding carboxylic acids is 1. The number of aliphatic imine (C=N–C) groups is 1. The van der Waals surface area contributed by atoms with Crippen LogP contribution in [-0.2, 0) is 17.8 Å². The molecule has 1 atom stereocenters. The van der Waals surface area contributed by atoms with Crippen molar-refractivity contribution < 1.29 is 13.6 Å². The normalized spacial score (nSPS) is 12.0. The Labute approximate surface area is 210 Å².